The van der Waals surface area contributed by atoms with Gasteiger partial charge in [-0.15, -0.1) is 4.40 Å². The fourth-order valence-corrected chi connectivity index (χ4v) is 5.06. The van der Waals surface area contributed by atoms with Gasteiger partial charge in [0.25, 0.3) is 10.0 Å². The summed E-state index contributed by atoms with van der Waals surface area (Å²) in [7, 11) is -3.95. The summed E-state index contributed by atoms with van der Waals surface area (Å²) in [5.41, 5.74) is 0.167. The van der Waals surface area contributed by atoms with Crippen molar-refractivity contribution in [1.29, 1.82) is 0 Å². The molecule has 1 aromatic rings. The second kappa shape index (κ2) is 7.40. The Morgan fingerprint density at radius 2 is 1.90 bits per heavy atom. The second-order valence-electron chi connectivity index (χ2n) is 9.17. The number of anilines is 2. The molecule has 2 fully saturated rings. The molecule has 2 atom stereocenters. The molecule has 164 valence electrons. The number of sulfonamides is 1. The van der Waals surface area contributed by atoms with Gasteiger partial charge >= 0.3 is 6.09 Å². The van der Waals surface area contributed by atoms with Gasteiger partial charge in [-0.2, -0.15) is 8.42 Å². The minimum absolute atomic E-state index is 0.0384. The summed E-state index contributed by atoms with van der Waals surface area (Å²) in [4.78, 5) is 11.8. The molecule has 1 aromatic carbocycles. The van der Waals surface area contributed by atoms with Crippen LogP contribution in [0.4, 0.5) is 20.6 Å². The summed E-state index contributed by atoms with van der Waals surface area (Å²) in [5.74, 6) is -0.110. The van der Waals surface area contributed by atoms with E-state index < -0.39 is 27.5 Å². The van der Waals surface area contributed by atoms with Crippen molar-refractivity contribution in [3.05, 3.63) is 17.9 Å². The number of nitrogens with one attached hydrogen (secondary N) is 3. The van der Waals surface area contributed by atoms with Crippen LogP contribution in [-0.2, 0) is 14.8 Å². The molecule has 4 rings (SSSR count). The maximum absolute atomic E-state index is 14.2. The van der Waals surface area contributed by atoms with E-state index in [0.29, 0.717) is 23.6 Å². The predicted octanol–water partition coefficient (Wildman–Crippen LogP) is 3.61. The lowest BCUT2D eigenvalue weighted by Gasteiger charge is -2.24. The van der Waals surface area contributed by atoms with E-state index in [-0.39, 0.29) is 22.9 Å². The van der Waals surface area contributed by atoms with Gasteiger partial charge in [-0.3, -0.25) is 0 Å². The fraction of sp³-hybridized carbons (Fsp3) is 0.600. The van der Waals surface area contributed by atoms with Crippen molar-refractivity contribution in [2.45, 2.75) is 75.5 Å². The number of ether oxygens (including phenoxy) is 1. The average Bonchev–Trinajstić information content (AvgIpc) is 3.36. The first-order valence-corrected chi connectivity index (χ1v) is 11.7. The topological polar surface area (TPSA) is 109 Å². The van der Waals surface area contributed by atoms with Crippen LogP contribution in [0.1, 0.15) is 52.9 Å². The van der Waals surface area contributed by atoms with E-state index in [2.05, 4.69) is 20.3 Å². The number of fused-ring (bicyclic) bond motifs is 1. The van der Waals surface area contributed by atoms with Gasteiger partial charge in [-0.25, -0.2) is 9.18 Å². The molecule has 2 aliphatic carbocycles. The molecule has 0 saturated heterocycles. The van der Waals surface area contributed by atoms with Crippen molar-refractivity contribution in [2.24, 2.45) is 10.3 Å². The van der Waals surface area contributed by atoms with Gasteiger partial charge in [0.2, 0.25) is 0 Å². The zero-order chi connectivity index (χ0) is 21.7. The standard InChI is InChI=1S/C20H27FN4O4S/c1-20(2,3)29-19(26)23-14-7-6-13(10-14)22-15-8-12(21)9-16-17(15)24-18(11-4-5-11)25-30(16,27)28/h8-9,11,13-14,22H,4-7,10H2,1-3H3,(H,23,26)(H,24,25)/t13-,14+/m0/s1. The number of halogens is 1. The predicted molar refractivity (Wildman–Crippen MR) is 112 cm³/mol. The molecule has 30 heavy (non-hydrogen) atoms. The number of carbonyl (C=O) groups excluding carboxylic acids is 1. The van der Waals surface area contributed by atoms with Crippen LogP contribution in [0.15, 0.2) is 21.4 Å². The summed E-state index contributed by atoms with van der Waals surface area (Å²) in [6.07, 6.45) is 3.44. The number of hydrogen-bond donors (Lipinski definition) is 3. The molecular weight excluding hydrogens is 411 g/mol. The van der Waals surface area contributed by atoms with Crippen LogP contribution < -0.4 is 16.0 Å². The lowest BCUT2D eigenvalue weighted by Crippen LogP contribution is -2.38. The molecule has 1 amide bonds. The van der Waals surface area contributed by atoms with E-state index in [4.69, 9.17) is 4.74 Å². The van der Waals surface area contributed by atoms with Crippen LogP contribution in [0.2, 0.25) is 0 Å². The monoisotopic (exact) mass is 438 g/mol. The van der Waals surface area contributed by atoms with Gasteiger partial charge in [-0.05, 0) is 65.0 Å². The van der Waals surface area contributed by atoms with Crippen molar-refractivity contribution in [2.75, 3.05) is 10.6 Å². The summed E-state index contributed by atoms with van der Waals surface area (Å²) >= 11 is 0. The number of nitrogens with zero attached hydrogens (tertiary/aromatic N) is 1. The maximum atomic E-state index is 14.2. The van der Waals surface area contributed by atoms with Gasteiger partial charge in [0.05, 0.1) is 11.4 Å². The third-order valence-electron chi connectivity index (χ3n) is 5.29. The van der Waals surface area contributed by atoms with E-state index in [0.717, 1.165) is 31.7 Å². The Balaban J connectivity index is 1.48. The molecule has 3 aliphatic rings. The third kappa shape index (κ3) is 4.69. The first-order chi connectivity index (χ1) is 14.0. The van der Waals surface area contributed by atoms with Crippen LogP contribution in [0.25, 0.3) is 0 Å². The van der Waals surface area contributed by atoms with Crippen LogP contribution in [0, 0.1) is 11.7 Å². The van der Waals surface area contributed by atoms with Crippen molar-refractivity contribution >= 4 is 33.3 Å². The quantitative estimate of drug-likeness (QED) is 0.663. The van der Waals surface area contributed by atoms with Crippen molar-refractivity contribution in [3.63, 3.8) is 0 Å². The largest absolute Gasteiger partial charge is 0.444 e. The molecule has 2 saturated carbocycles. The van der Waals surface area contributed by atoms with E-state index in [1.807, 2.05) is 0 Å². The Morgan fingerprint density at radius 1 is 1.20 bits per heavy atom. The van der Waals surface area contributed by atoms with Crippen LogP contribution in [0.3, 0.4) is 0 Å². The molecule has 3 N–H and O–H groups in total. The lowest BCUT2D eigenvalue weighted by molar-refractivity contribution is 0.0505. The highest BCUT2D eigenvalue weighted by Gasteiger charge is 2.36. The van der Waals surface area contributed by atoms with Crippen molar-refractivity contribution in [3.8, 4) is 0 Å². The maximum Gasteiger partial charge on any atom is 0.407 e. The molecule has 10 heteroatoms. The van der Waals surface area contributed by atoms with E-state index in [9.17, 15) is 17.6 Å². The lowest BCUT2D eigenvalue weighted by atomic mass is 10.2. The summed E-state index contributed by atoms with van der Waals surface area (Å²) < 4.78 is 48.4. The highest BCUT2D eigenvalue weighted by molar-refractivity contribution is 7.90. The molecule has 0 radical (unpaired) electrons. The summed E-state index contributed by atoms with van der Waals surface area (Å²) in [6.45, 7) is 5.41. The van der Waals surface area contributed by atoms with Crippen LogP contribution >= 0.6 is 0 Å². The Labute approximate surface area is 175 Å². The molecule has 0 aromatic heterocycles. The summed E-state index contributed by atoms with van der Waals surface area (Å²) in [5, 5.41) is 9.23. The van der Waals surface area contributed by atoms with Crippen molar-refractivity contribution < 1.29 is 22.3 Å². The zero-order valence-electron chi connectivity index (χ0n) is 17.3. The van der Waals surface area contributed by atoms with Gasteiger partial charge in [0, 0.05) is 18.0 Å². The molecule has 1 aliphatic heterocycles. The molecule has 1 heterocycles. The normalized spacial score (nSPS) is 25.0. The Bertz CT molecular complexity index is 999. The number of amides is 1. The SMILES string of the molecule is CC(C)(C)OC(=O)N[C@@H]1CC[C@H](Nc2cc(F)cc3c2NC(C2CC2)=NS3(=O)=O)C1. The van der Waals surface area contributed by atoms with Crippen LogP contribution in [-0.4, -0.2) is 38.0 Å². The third-order valence-corrected chi connectivity index (χ3v) is 6.61. The molecular formula is C20H27FN4O4S. The fourth-order valence-electron chi connectivity index (χ4n) is 3.83. The second-order valence-corrected chi connectivity index (χ2v) is 10.7. The Kier molecular flexibility index (Phi) is 5.16. The minimum Gasteiger partial charge on any atom is -0.444 e. The molecule has 0 unspecified atom stereocenters. The first kappa shape index (κ1) is 20.9. The van der Waals surface area contributed by atoms with Gasteiger partial charge in [-0.1, -0.05) is 0 Å². The number of amidine groups is 1. The number of hydrogen-bond acceptors (Lipinski definition) is 6. The number of rotatable bonds is 4. The number of carbonyl (C=O) groups is 1. The smallest absolute Gasteiger partial charge is 0.407 e. The minimum atomic E-state index is -3.95. The Hall–Kier alpha value is -2.36. The Morgan fingerprint density at radius 3 is 2.57 bits per heavy atom. The van der Waals surface area contributed by atoms with Crippen molar-refractivity contribution in [1.82, 2.24) is 5.32 Å². The molecule has 0 spiro atoms. The summed E-state index contributed by atoms with van der Waals surface area (Å²) in [6, 6.07) is 2.19. The molecule has 0 bridgehead atoms. The van der Waals surface area contributed by atoms with Gasteiger partial charge in [0.15, 0.2) is 0 Å². The van der Waals surface area contributed by atoms with E-state index in [1.54, 1.807) is 20.8 Å². The highest BCUT2D eigenvalue weighted by atomic mass is 32.2. The number of alkyl carbamates (subject to hydrolysis) is 1. The number of benzene rings is 1. The first-order valence-electron chi connectivity index (χ1n) is 10.2. The highest BCUT2D eigenvalue weighted by Crippen LogP contribution is 2.41. The average molecular weight is 439 g/mol. The van der Waals surface area contributed by atoms with Crippen LogP contribution in [0.5, 0.6) is 0 Å². The van der Waals surface area contributed by atoms with Gasteiger partial charge < -0.3 is 20.7 Å². The van der Waals surface area contributed by atoms with E-state index >= 15 is 0 Å². The van der Waals surface area contributed by atoms with E-state index in [1.165, 1.54) is 6.07 Å². The van der Waals surface area contributed by atoms with Gasteiger partial charge in [0.1, 0.15) is 22.1 Å². The molecule has 8 nitrogen and oxygen atoms in total. The zero-order valence-corrected chi connectivity index (χ0v) is 18.1.